The number of nitrogens with one attached hydrogen (secondary N) is 3. The minimum atomic E-state index is -0.221. The Balaban J connectivity index is 2.11. The van der Waals surface area contributed by atoms with Crippen LogP contribution in [0.3, 0.4) is 0 Å². The summed E-state index contributed by atoms with van der Waals surface area (Å²) in [5.41, 5.74) is 0.317. The fourth-order valence-electron chi connectivity index (χ4n) is 1.80. The van der Waals surface area contributed by atoms with Crippen LogP contribution in [0, 0.1) is 0 Å². The topological polar surface area (TPSA) is 86.9 Å². The minimum absolute atomic E-state index is 0.0984. The third-order valence-electron chi connectivity index (χ3n) is 2.67. The molecule has 1 amide bonds. The number of amides is 1. The lowest BCUT2D eigenvalue weighted by Crippen LogP contribution is -2.34. The second-order valence-electron chi connectivity index (χ2n) is 4.23. The highest BCUT2D eigenvalue weighted by atomic mass is 35.5. The van der Waals surface area contributed by atoms with Gasteiger partial charge in [-0.15, -0.1) is 0 Å². The van der Waals surface area contributed by atoms with E-state index in [4.69, 9.17) is 11.6 Å². The van der Waals surface area contributed by atoms with E-state index in [-0.39, 0.29) is 18.0 Å². The highest BCUT2D eigenvalue weighted by Crippen LogP contribution is 2.14. The number of hydrogen-bond acceptors (Lipinski definition) is 4. The number of carbonyl (C=O) groups excluding carboxylic acids is 1. The molecule has 6 nitrogen and oxygen atoms in total. The van der Waals surface area contributed by atoms with Crippen LogP contribution in [-0.2, 0) is 11.3 Å². The highest BCUT2D eigenvalue weighted by molar-refractivity contribution is 6.31. The summed E-state index contributed by atoms with van der Waals surface area (Å²) >= 11 is 5.88. The van der Waals surface area contributed by atoms with Crippen molar-refractivity contribution < 1.29 is 4.79 Å². The van der Waals surface area contributed by atoms with Gasteiger partial charge in [-0.1, -0.05) is 11.6 Å². The zero-order chi connectivity index (χ0) is 14.5. The Morgan fingerprint density at radius 1 is 1.45 bits per heavy atom. The van der Waals surface area contributed by atoms with Crippen molar-refractivity contribution in [3.8, 4) is 0 Å². The molecule has 0 fully saturated rings. The first kappa shape index (κ1) is 14.5. The Hall–Kier alpha value is -1.92. The van der Waals surface area contributed by atoms with Gasteiger partial charge in [0.1, 0.15) is 5.82 Å². The van der Waals surface area contributed by atoms with Crippen molar-refractivity contribution in [1.82, 2.24) is 20.6 Å². The molecule has 3 N–H and O–H groups in total. The van der Waals surface area contributed by atoms with Crippen LogP contribution in [0.25, 0.3) is 10.9 Å². The van der Waals surface area contributed by atoms with E-state index in [1.54, 1.807) is 18.2 Å². The van der Waals surface area contributed by atoms with E-state index < -0.39 is 0 Å². The van der Waals surface area contributed by atoms with Gasteiger partial charge >= 0.3 is 0 Å². The van der Waals surface area contributed by atoms with Gasteiger partial charge in [0.2, 0.25) is 5.91 Å². The van der Waals surface area contributed by atoms with Crippen molar-refractivity contribution in [3.05, 3.63) is 39.4 Å². The molecule has 0 saturated carbocycles. The first-order valence-corrected chi connectivity index (χ1v) is 6.64. The van der Waals surface area contributed by atoms with E-state index in [0.717, 1.165) is 0 Å². The van der Waals surface area contributed by atoms with Crippen molar-refractivity contribution >= 4 is 28.4 Å². The number of aromatic nitrogens is 2. The van der Waals surface area contributed by atoms with Crippen LogP contribution >= 0.6 is 11.6 Å². The van der Waals surface area contributed by atoms with Crippen LogP contribution in [0.1, 0.15) is 12.7 Å². The number of nitrogens with zero attached hydrogens (tertiary/aromatic N) is 1. The van der Waals surface area contributed by atoms with Crippen molar-refractivity contribution in [2.45, 2.75) is 13.5 Å². The number of aromatic amines is 1. The summed E-state index contributed by atoms with van der Waals surface area (Å²) in [6, 6.07) is 4.92. The lowest BCUT2D eigenvalue weighted by Gasteiger charge is -2.05. The third kappa shape index (κ3) is 3.55. The zero-order valence-electron chi connectivity index (χ0n) is 11.0. The Bertz CT molecular complexity index is 684. The predicted molar refractivity (Wildman–Crippen MR) is 77.8 cm³/mol. The second-order valence-corrected chi connectivity index (χ2v) is 4.67. The Morgan fingerprint density at radius 3 is 3.00 bits per heavy atom. The Labute approximate surface area is 120 Å². The number of halogens is 1. The molecule has 0 radical (unpaired) electrons. The largest absolute Gasteiger partial charge is 0.355 e. The molecule has 0 saturated heterocycles. The molecule has 0 bridgehead atoms. The highest BCUT2D eigenvalue weighted by Gasteiger charge is 2.05. The standard InChI is InChI=1S/C13H15ClN4O2/c1-2-16-12(19)7-15-6-11-17-10-5-8(14)3-4-9(10)13(20)18-11/h3-5,15H,2,6-7H2,1H3,(H,16,19)(H,17,18,20). The SMILES string of the molecule is CCNC(=O)CNCc1nc2cc(Cl)ccc2c(=O)[nH]1. The van der Waals surface area contributed by atoms with Crippen LogP contribution in [0.15, 0.2) is 23.0 Å². The molecule has 2 aromatic rings. The van der Waals surface area contributed by atoms with Crippen molar-refractivity contribution in [2.75, 3.05) is 13.1 Å². The van der Waals surface area contributed by atoms with E-state index in [2.05, 4.69) is 20.6 Å². The first-order chi connectivity index (χ1) is 9.60. The molecule has 0 aliphatic heterocycles. The summed E-state index contributed by atoms with van der Waals surface area (Å²) in [6.45, 7) is 2.91. The lowest BCUT2D eigenvalue weighted by molar-refractivity contribution is -0.120. The Morgan fingerprint density at radius 2 is 2.25 bits per heavy atom. The van der Waals surface area contributed by atoms with E-state index in [1.807, 2.05) is 6.92 Å². The van der Waals surface area contributed by atoms with Crippen molar-refractivity contribution in [3.63, 3.8) is 0 Å². The maximum atomic E-state index is 11.9. The van der Waals surface area contributed by atoms with Crippen molar-refractivity contribution in [1.29, 1.82) is 0 Å². The number of hydrogen-bond donors (Lipinski definition) is 3. The fraction of sp³-hybridized carbons (Fsp3) is 0.308. The summed E-state index contributed by atoms with van der Waals surface area (Å²) in [7, 11) is 0. The molecule has 0 unspecified atom stereocenters. The van der Waals surface area contributed by atoms with Crippen LogP contribution in [0.5, 0.6) is 0 Å². The van der Waals surface area contributed by atoms with Gasteiger partial charge in [-0.25, -0.2) is 4.98 Å². The van der Waals surface area contributed by atoms with E-state index >= 15 is 0 Å². The molecular formula is C13H15ClN4O2. The molecule has 1 heterocycles. The quantitative estimate of drug-likeness (QED) is 0.761. The van der Waals surface area contributed by atoms with E-state index in [9.17, 15) is 9.59 Å². The normalized spacial score (nSPS) is 10.7. The maximum Gasteiger partial charge on any atom is 0.258 e. The number of carbonyl (C=O) groups is 1. The summed E-state index contributed by atoms with van der Waals surface area (Å²) in [6.07, 6.45) is 0. The lowest BCUT2D eigenvalue weighted by atomic mass is 10.2. The number of rotatable bonds is 5. The summed E-state index contributed by atoms with van der Waals surface area (Å²) in [5.74, 6) is 0.368. The predicted octanol–water partition coefficient (Wildman–Crippen LogP) is 0.802. The van der Waals surface area contributed by atoms with Gasteiger partial charge in [0.25, 0.3) is 5.56 Å². The van der Waals surface area contributed by atoms with Gasteiger partial charge in [-0.2, -0.15) is 0 Å². The summed E-state index contributed by atoms with van der Waals surface area (Å²) < 4.78 is 0. The number of benzene rings is 1. The molecule has 2 rings (SSSR count). The Kier molecular flexibility index (Phi) is 4.70. The molecule has 0 spiro atoms. The first-order valence-electron chi connectivity index (χ1n) is 6.26. The fourth-order valence-corrected chi connectivity index (χ4v) is 1.97. The smallest absolute Gasteiger partial charge is 0.258 e. The molecule has 106 valence electrons. The molecular weight excluding hydrogens is 280 g/mol. The van der Waals surface area contributed by atoms with Crippen LogP contribution in [0.2, 0.25) is 5.02 Å². The second kappa shape index (κ2) is 6.49. The van der Waals surface area contributed by atoms with Gasteiger partial charge in [0.05, 0.1) is 24.0 Å². The maximum absolute atomic E-state index is 11.9. The van der Waals surface area contributed by atoms with Gasteiger partial charge in [0.15, 0.2) is 0 Å². The van der Waals surface area contributed by atoms with Crippen LogP contribution in [-0.4, -0.2) is 29.0 Å². The third-order valence-corrected chi connectivity index (χ3v) is 2.90. The molecule has 0 aliphatic carbocycles. The summed E-state index contributed by atoms with van der Waals surface area (Å²) in [4.78, 5) is 30.1. The molecule has 0 atom stereocenters. The monoisotopic (exact) mass is 294 g/mol. The van der Waals surface area contributed by atoms with Gasteiger partial charge < -0.3 is 15.6 Å². The van der Waals surface area contributed by atoms with Crippen LogP contribution in [0.4, 0.5) is 0 Å². The van der Waals surface area contributed by atoms with E-state index in [0.29, 0.717) is 34.8 Å². The summed E-state index contributed by atoms with van der Waals surface area (Å²) in [5, 5.41) is 6.60. The van der Waals surface area contributed by atoms with Crippen LogP contribution < -0.4 is 16.2 Å². The number of fused-ring (bicyclic) bond motifs is 1. The van der Waals surface area contributed by atoms with Crippen molar-refractivity contribution in [2.24, 2.45) is 0 Å². The molecule has 1 aromatic heterocycles. The average Bonchev–Trinajstić information content (AvgIpc) is 2.38. The number of likely N-dealkylation sites (N-methyl/N-ethyl adjacent to an activating group) is 1. The zero-order valence-corrected chi connectivity index (χ0v) is 11.8. The molecule has 7 heteroatoms. The van der Waals surface area contributed by atoms with Gasteiger partial charge in [-0.05, 0) is 25.1 Å². The molecule has 20 heavy (non-hydrogen) atoms. The van der Waals surface area contributed by atoms with Gasteiger partial charge in [0, 0.05) is 11.6 Å². The van der Waals surface area contributed by atoms with Gasteiger partial charge in [-0.3, -0.25) is 9.59 Å². The number of H-pyrrole nitrogens is 1. The molecule has 1 aromatic carbocycles. The average molecular weight is 295 g/mol. The minimum Gasteiger partial charge on any atom is -0.355 e. The van der Waals surface area contributed by atoms with E-state index in [1.165, 1.54) is 0 Å². The molecule has 0 aliphatic rings.